The molecule has 100 valence electrons. The number of aliphatic hydroxyl groups excluding tert-OH is 1. The summed E-state index contributed by atoms with van der Waals surface area (Å²) in [5.41, 5.74) is 0.918. The molecule has 2 rings (SSSR count). The van der Waals surface area contributed by atoms with Gasteiger partial charge in [0.05, 0.1) is 18.8 Å². The Bertz CT molecular complexity index is 551. The highest BCUT2D eigenvalue weighted by Gasteiger charge is 2.20. The van der Waals surface area contributed by atoms with Gasteiger partial charge in [0.25, 0.3) is 0 Å². The van der Waals surface area contributed by atoms with Gasteiger partial charge in [-0.2, -0.15) is 4.98 Å². The van der Waals surface area contributed by atoms with Crippen molar-refractivity contribution in [1.82, 2.24) is 9.97 Å². The first-order chi connectivity index (χ1) is 9.13. The largest absolute Gasteiger partial charge is 0.503 e. The quantitative estimate of drug-likeness (QED) is 0.838. The van der Waals surface area contributed by atoms with Crippen LogP contribution in [0.25, 0.3) is 0 Å². The Morgan fingerprint density at radius 3 is 2.63 bits per heavy atom. The normalized spacial score (nSPS) is 12.2. The highest BCUT2D eigenvalue weighted by molar-refractivity contribution is 6.28. The summed E-state index contributed by atoms with van der Waals surface area (Å²) < 4.78 is 0. The van der Waals surface area contributed by atoms with Gasteiger partial charge in [0, 0.05) is 7.05 Å². The number of aromatic hydroxyl groups is 1. The van der Waals surface area contributed by atoms with Crippen molar-refractivity contribution in [3.8, 4) is 5.75 Å². The summed E-state index contributed by atoms with van der Waals surface area (Å²) in [4.78, 5) is 9.35. The molecular weight excluding hydrogens is 266 g/mol. The summed E-state index contributed by atoms with van der Waals surface area (Å²) in [6, 6.07) is 9.15. The maximum absolute atomic E-state index is 9.79. The predicted molar refractivity (Wildman–Crippen MR) is 73.4 cm³/mol. The zero-order chi connectivity index (χ0) is 13.8. The van der Waals surface area contributed by atoms with Crippen molar-refractivity contribution in [2.24, 2.45) is 0 Å². The molecule has 1 atom stereocenters. The first-order valence-electron chi connectivity index (χ1n) is 5.73. The number of rotatable bonds is 4. The zero-order valence-corrected chi connectivity index (χ0v) is 11.1. The first-order valence-corrected chi connectivity index (χ1v) is 6.11. The number of hydrogen-bond donors (Lipinski definition) is 2. The molecule has 0 radical (unpaired) electrons. The molecule has 0 saturated heterocycles. The summed E-state index contributed by atoms with van der Waals surface area (Å²) in [5, 5.41) is 19.4. The maximum atomic E-state index is 9.79. The highest BCUT2D eigenvalue weighted by Crippen LogP contribution is 2.30. The van der Waals surface area contributed by atoms with E-state index in [0.717, 1.165) is 5.56 Å². The van der Waals surface area contributed by atoms with Crippen LogP contribution in [0.2, 0.25) is 5.28 Å². The van der Waals surface area contributed by atoms with Crippen molar-refractivity contribution >= 4 is 17.4 Å². The molecule has 19 heavy (non-hydrogen) atoms. The Balaban J connectivity index is 2.36. The average Bonchev–Trinajstić information content (AvgIpc) is 2.43. The van der Waals surface area contributed by atoms with Gasteiger partial charge in [-0.05, 0) is 17.2 Å². The van der Waals surface area contributed by atoms with E-state index in [1.807, 2.05) is 30.3 Å². The number of anilines is 1. The molecule has 0 amide bonds. The van der Waals surface area contributed by atoms with Crippen LogP contribution in [-0.4, -0.2) is 33.8 Å². The molecule has 0 saturated carbocycles. The summed E-state index contributed by atoms with van der Waals surface area (Å²) >= 11 is 5.73. The second-order valence-electron chi connectivity index (χ2n) is 4.07. The lowest BCUT2D eigenvalue weighted by molar-refractivity contribution is 0.263. The molecule has 0 spiro atoms. The van der Waals surface area contributed by atoms with Crippen LogP contribution in [0.3, 0.4) is 0 Å². The van der Waals surface area contributed by atoms with Gasteiger partial charge < -0.3 is 15.1 Å². The summed E-state index contributed by atoms with van der Waals surface area (Å²) in [6.07, 6.45) is 1.24. The Labute approximate surface area is 116 Å². The minimum Gasteiger partial charge on any atom is -0.503 e. The minimum atomic E-state index is -0.321. The number of nitrogens with zero attached hydrogens (tertiary/aromatic N) is 3. The molecule has 0 aliphatic heterocycles. The molecule has 0 fully saturated rings. The van der Waals surface area contributed by atoms with Gasteiger partial charge in [-0.1, -0.05) is 30.3 Å². The zero-order valence-electron chi connectivity index (χ0n) is 10.4. The van der Waals surface area contributed by atoms with Crippen LogP contribution < -0.4 is 4.90 Å². The van der Waals surface area contributed by atoms with Crippen molar-refractivity contribution in [3.05, 3.63) is 47.4 Å². The van der Waals surface area contributed by atoms with E-state index < -0.39 is 0 Å². The molecule has 1 heterocycles. The van der Waals surface area contributed by atoms with Crippen molar-refractivity contribution in [2.45, 2.75) is 6.04 Å². The standard InChI is InChI=1S/C13H14ClN3O2/c1-17(12-11(19)7-15-13(14)16-12)10(8-18)9-5-3-2-4-6-9/h2-7,10,18-19H,8H2,1H3. The van der Waals surface area contributed by atoms with Crippen molar-refractivity contribution in [1.29, 1.82) is 0 Å². The summed E-state index contributed by atoms with van der Waals surface area (Å²) in [5.74, 6) is 0.198. The molecule has 1 aromatic heterocycles. The van der Waals surface area contributed by atoms with E-state index in [1.54, 1.807) is 11.9 Å². The average molecular weight is 280 g/mol. The molecule has 6 heteroatoms. The number of benzene rings is 1. The van der Waals surface area contributed by atoms with Gasteiger partial charge in [-0.3, -0.25) is 0 Å². The first kappa shape index (κ1) is 13.6. The van der Waals surface area contributed by atoms with E-state index in [-0.39, 0.29) is 29.5 Å². The van der Waals surface area contributed by atoms with Gasteiger partial charge in [-0.25, -0.2) is 4.98 Å². The van der Waals surface area contributed by atoms with Crippen LogP contribution in [0, 0.1) is 0 Å². The van der Waals surface area contributed by atoms with Gasteiger partial charge >= 0.3 is 0 Å². The molecule has 0 aliphatic carbocycles. The van der Waals surface area contributed by atoms with Gasteiger partial charge in [0.2, 0.25) is 5.28 Å². The molecule has 2 N–H and O–H groups in total. The molecule has 1 unspecified atom stereocenters. The monoisotopic (exact) mass is 279 g/mol. The minimum absolute atomic E-state index is 0.0457. The molecule has 0 aliphatic rings. The molecule has 5 nitrogen and oxygen atoms in total. The van der Waals surface area contributed by atoms with Gasteiger partial charge in [-0.15, -0.1) is 0 Å². The van der Waals surface area contributed by atoms with Crippen LogP contribution in [0.15, 0.2) is 36.5 Å². The maximum Gasteiger partial charge on any atom is 0.224 e. The van der Waals surface area contributed by atoms with Crippen LogP contribution in [0.5, 0.6) is 5.75 Å². The van der Waals surface area contributed by atoms with Crippen molar-refractivity contribution in [2.75, 3.05) is 18.6 Å². The number of aliphatic hydroxyl groups is 1. The fraction of sp³-hybridized carbons (Fsp3) is 0.231. The van der Waals surface area contributed by atoms with Crippen molar-refractivity contribution in [3.63, 3.8) is 0 Å². The fourth-order valence-electron chi connectivity index (χ4n) is 1.88. The molecule has 2 aromatic rings. The van der Waals surface area contributed by atoms with E-state index in [1.165, 1.54) is 6.20 Å². The third-order valence-electron chi connectivity index (χ3n) is 2.88. The lowest BCUT2D eigenvalue weighted by Gasteiger charge is -2.28. The second kappa shape index (κ2) is 5.86. The van der Waals surface area contributed by atoms with E-state index >= 15 is 0 Å². The summed E-state index contributed by atoms with van der Waals surface area (Å²) in [6.45, 7) is -0.110. The van der Waals surface area contributed by atoms with E-state index in [2.05, 4.69) is 9.97 Å². The topological polar surface area (TPSA) is 69.5 Å². The fourth-order valence-corrected chi connectivity index (χ4v) is 2.01. The van der Waals surface area contributed by atoms with Crippen LogP contribution >= 0.6 is 11.6 Å². The van der Waals surface area contributed by atoms with Gasteiger partial charge in [0.1, 0.15) is 0 Å². The Hall–Kier alpha value is -1.85. The Morgan fingerprint density at radius 1 is 1.32 bits per heavy atom. The Morgan fingerprint density at radius 2 is 2.00 bits per heavy atom. The summed E-state index contributed by atoms with van der Waals surface area (Å²) in [7, 11) is 1.73. The third kappa shape index (κ3) is 2.94. The molecular formula is C13H14ClN3O2. The van der Waals surface area contributed by atoms with Crippen LogP contribution in [-0.2, 0) is 0 Å². The van der Waals surface area contributed by atoms with Crippen LogP contribution in [0.1, 0.15) is 11.6 Å². The Kier molecular flexibility index (Phi) is 4.19. The van der Waals surface area contributed by atoms with Crippen molar-refractivity contribution < 1.29 is 10.2 Å². The van der Waals surface area contributed by atoms with Gasteiger partial charge in [0.15, 0.2) is 11.6 Å². The lowest BCUT2D eigenvalue weighted by Crippen LogP contribution is -2.28. The highest BCUT2D eigenvalue weighted by atomic mass is 35.5. The molecule has 0 bridgehead atoms. The van der Waals surface area contributed by atoms with E-state index in [9.17, 15) is 10.2 Å². The predicted octanol–water partition coefficient (Wildman–Crippen LogP) is 2.01. The second-order valence-corrected chi connectivity index (χ2v) is 4.41. The number of aromatic nitrogens is 2. The SMILES string of the molecule is CN(c1nc(Cl)ncc1O)C(CO)c1ccccc1. The smallest absolute Gasteiger partial charge is 0.224 e. The van der Waals surface area contributed by atoms with E-state index in [4.69, 9.17) is 11.6 Å². The van der Waals surface area contributed by atoms with Crippen LogP contribution in [0.4, 0.5) is 5.82 Å². The number of likely N-dealkylation sites (N-methyl/N-ethyl adjacent to an activating group) is 1. The number of hydrogen-bond acceptors (Lipinski definition) is 5. The van der Waals surface area contributed by atoms with E-state index in [0.29, 0.717) is 0 Å². The third-order valence-corrected chi connectivity index (χ3v) is 3.06. The molecule has 1 aromatic carbocycles. The number of halogens is 1. The lowest BCUT2D eigenvalue weighted by atomic mass is 10.1.